The highest BCUT2D eigenvalue weighted by molar-refractivity contribution is 7.85. The Balaban J connectivity index is 1.21. The van der Waals surface area contributed by atoms with Crippen LogP contribution >= 0.6 is 0 Å². The molecule has 1 aromatic carbocycles. The lowest BCUT2D eigenvalue weighted by Crippen LogP contribution is -2.45. The average Bonchev–Trinajstić information content (AvgIpc) is 3.55. The molecule has 2 heterocycles. The van der Waals surface area contributed by atoms with Crippen LogP contribution in [0, 0.1) is 5.92 Å². The number of hydrogen-bond acceptors (Lipinski definition) is 5. The van der Waals surface area contributed by atoms with E-state index in [1.54, 1.807) is 18.2 Å². The van der Waals surface area contributed by atoms with Crippen LogP contribution in [0.25, 0.3) is 0 Å². The number of ether oxygens (including phenoxy) is 2. The minimum atomic E-state index is -1.21. The summed E-state index contributed by atoms with van der Waals surface area (Å²) >= 11 is 0. The van der Waals surface area contributed by atoms with Gasteiger partial charge in [0.25, 0.3) is 0 Å². The highest BCUT2D eigenvalue weighted by atomic mass is 32.2. The van der Waals surface area contributed by atoms with Crippen molar-refractivity contribution in [3.63, 3.8) is 0 Å². The Morgan fingerprint density at radius 3 is 2.59 bits per heavy atom. The summed E-state index contributed by atoms with van der Waals surface area (Å²) in [4.78, 5) is 15.1. The van der Waals surface area contributed by atoms with Gasteiger partial charge in [0.05, 0.1) is 10.8 Å². The van der Waals surface area contributed by atoms with Crippen LogP contribution in [0.1, 0.15) is 32.1 Å². The summed E-state index contributed by atoms with van der Waals surface area (Å²) in [6.45, 7) is 3.78. The Morgan fingerprint density at radius 2 is 1.85 bits per heavy atom. The van der Waals surface area contributed by atoms with E-state index in [4.69, 9.17) is 9.47 Å². The maximum absolute atomic E-state index is 12.6. The van der Waals surface area contributed by atoms with E-state index in [1.807, 2.05) is 4.90 Å². The molecule has 6 nitrogen and oxygen atoms in total. The Hall–Kier alpha value is -1.60. The van der Waals surface area contributed by atoms with Crippen molar-refractivity contribution >= 4 is 16.7 Å². The van der Waals surface area contributed by atoms with E-state index in [1.165, 1.54) is 12.8 Å². The molecule has 1 saturated carbocycles. The van der Waals surface area contributed by atoms with Gasteiger partial charge < -0.3 is 19.7 Å². The van der Waals surface area contributed by atoms with Crippen molar-refractivity contribution < 1.29 is 18.5 Å². The van der Waals surface area contributed by atoms with Crippen molar-refractivity contribution in [2.75, 3.05) is 38.6 Å². The van der Waals surface area contributed by atoms with E-state index >= 15 is 0 Å². The molecule has 1 aliphatic carbocycles. The standard InChI is InChI=1S/C20H28N2O4S/c23-20(22-8-5-16(6-9-22)21-14-15-1-2-15)7-12-27(24)17-3-4-18-19(13-17)26-11-10-25-18/h3-4,13,15-16,21H,1-2,5-12,14H2. The van der Waals surface area contributed by atoms with Gasteiger partial charge in [-0.2, -0.15) is 0 Å². The highest BCUT2D eigenvalue weighted by Crippen LogP contribution is 2.32. The molecule has 1 unspecified atom stereocenters. The van der Waals surface area contributed by atoms with E-state index in [0.29, 0.717) is 47.8 Å². The second kappa shape index (κ2) is 8.61. The molecule has 0 aromatic heterocycles. The van der Waals surface area contributed by atoms with Gasteiger partial charge in [-0.15, -0.1) is 0 Å². The zero-order chi connectivity index (χ0) is 18.6. The third kappa shape index (κ3) is 5.02. The molecule has 2 aliphatic heterocycles. The number of fused-ring (bicyclic) bond motifs is 1. The van der Waals surface area contributed by atoms with Gasteiger partial charge in [-0.1, -0.05) is 0 Å². The van der Waals surface area contributed by atoms with Crippen LogP contribution in [0.3, 0.4) is 0 Å². The van der Waals surface area contributed by atoms with Crippen LogP contribution in [-0.4, -0.2) is 59.7 Å². The summed E-state index contributed by atoms with van der Waals surface area (Å²) in [5.41, 5.74) is 0. The number of carbonyl (C=O) groups excluding carboxylic acids is 1. The molecular weight excluding hydrogens is 364 g/mol. The number of hydrogen-bond donors (Lipinski definition) is 1. The van der Waals surface area contributed by atoms with Gasteiger partial charge in [-0.3, -0.25) is 9.00 Å². The van der Waals surface area contributed by atoms with Crippen molar-refractivity contribution in [1.29, 1.82) is 0 Å². The molecule has 0 spiro atoms. The fourth-order valence-corrected chi connectivity index (χ4v) is 4.66. The first-order valence-corrected chi connectivity index (χ1v) is 11.3. The van der Waals surface area contributed by atoms with Gasteiger partial charge in [-0.05, 0) is 50.3 Å². The predicted octanol–water partition coefficient (Wildman–Crippen LogP) is 1.95. The largest absolute Gasteiger partial charge is 0.486 e. The zero-order valence-corrected chi connectivity index (χ0v) is 16.5. The molecule has 27 heavy (non-hydrogen) atoms. The number of piperidine rings is 1. The van der Waals surface area contributed by atoms with Crippen LogP contribution in [0.5, 0.6) is 11.5 Å². The van der Waals surface area contributed by atoms with Crippen LogP contribution in [0.15, 0.2) is 23.1 Å². The smallest absolute Gasteiger partial charge is 0.223 e. The van der Waals surface area contributed by atoms with E-state index in [9.17, 15) is 9.00 Å². The molecule has 1 aromatic rings. The van der Waals surface area contributed by atoms with Gasteiger partial charge in [-0.25, -0.2) is 0 Å². The predicted molar refractivity (Wildman–Crippen MR) is 104 cm³/mol. The van der Waals surface area contributed by atoms with E-state index in [0.717, 1.165) is 38.4 Å². The Bertz CT molecular complexity index is 699. The van der Waals surface area contributed by atoms with E-state index < -0.39 is 10.8 Å². The molecule has 1 saturated heterocycles. The molecule has 2 fully saturated rings. The first-order valence-electron chi connectivity index (χ1n) is 9.98. The Labute approximate surface area is 163 Å². The number of rotatable bonds is 7. The first-order chi connectivity index (χ1) is 13.2. The third-order valence-corrected chi connectivity index (χ3v) is 6.87. The SMILES string of the molecule is O=C(CCS(=O)c1ccc2c(c1)OCCO2)N1CCC(NCC2CC2)CC1. The molecule has 7 heteroatoms. The summed E-state index contributed by atoms with van der Waals surface area (Å²) in [7, 11) is -1.21. The molecular formula is C20H28N2O4S. The lowest BCUT2D eigenvalue weighted by atomic mass is 10.0. The van der Waals surface area contributed by atoms with Crippen molar-refractivity contribution in [3.05, 3.63) is 18.2 Å². The highest BCUT2D eigenvalue weighted by Gasteiger charge is 2.26. The number of likely N-dealkylation sites (tertiary alicyclic amines) is 1. The van der Waals surface area contributed by atoms with Gasteiger partial charge in [0.2, 0.25) is 5.91 Å². The summed E-state index contributed by atoms with van der Waals surface area (Å²) in [5, 5.41) is 3.63. The maximum atomic E-state index is 12.6. The molecule has 1 N–H and O–H groups in total. The Morgan fingerprint density at radius 1 is 1.11 bits per heavy atom. The minimum absolute atomic E-state index is 0.113. The molecule has 1 atom stereocenters. The molecule has 0 bridgehead atoms. The topological polar surface area (TPSA) is 67.9 Å². The number of nitrogens with zero attached hydrogens (tertiary/aromatic N) is 1. The quantitative estimate of drug-likeness (QED) is 0.768. The fourth-order valence-electron chi connectivity index (χ4n) is 3.61. The second-order valence-electron chi connectivity index (χ2n) is 7.61. The Kier molecular flexibility index (Phi) is 5.98. The van der Waals surface area contributed by atoms with Crippen LogP contribution in [0.4, 0.5) is 0 Å². The summed E-state index contributed by atoms with van der Waals surface area (Å²) in [6.07, 6.45) is 5.09. The van der Waals surface area contributed by atoms with Gasteiger partial charge in [0.15, 0.2) is 11.5 Å². The lowest BCUT2D eigenvalue weighted by molar-refractivity contribution is -0.131. The summed E-state index contributed by atoms with van der Waals surface area (Å²) in [6, 6.07) is 5.90. The minimum Gasteiger partial charge on any atom is -0.486 e. The molecule has 1 amide bonds. The molecule has 0 radical (unpaired) electrons. The number of carbonyl (C=O) groups is 1. The monoisotopic (exact) mass is 392 g/mol. The van der Waals surface area contributed by atoms with E-state index in [2.05, 4.69) is 5.32 Å². The normalized spacial score (nSPS) is 21.1. The van der Waals surface area contributed by atoms with Crippen LogP contribution in [-0.2, 0) is 15.6 Å². The maximum Gasteiger partial charge on any atom is 0.223 e. The van der Waals surface area contributed by atoms with Crippen molar-refractivity contribution in [1.82, 2.24) is 10.2 Å². The van der Waals surface area contributed by atoms with Gasteiger partial charge in [0.1, 0.15) is 13.2 Å². The van der Waals surface area contributed by atoms with Crippen molar-refractivity contribution in [2.24, 2.45) is 5.92 Å². The van der Waals surface area contributed by atoms with Gasteiger partial charge >= 0.3 is 0 Å². The zero-order valence-electron chi connectivity index (χ0n) is 15.7. The van der Waals surface area contributed by atoms with Gasteiger partial charge in [0, 0.05) is 42.3 Å². The van der Waals surface area contributed by atoms with E-state index in [-0.39, 0.29) is 5.91 Å². The second-order valence-corrected chi connectivity index (χ2v) is 9.18. The fraction of sp³-hybridized carbons (Fsp3) is 0.650. The van der Waals surface area contributed by atoms with Crippen LogP contribution < -0.4 is 14.8 Å². The molecule has 3 aliphatic rings. The first kappa shape index (κ1) is 18.7. The molecule has 148 valence electrons. The summed E-state index contributed by atoms with van der Waals surface area (Å²) < 4.78 is 23.6. The van der Waals surface area contributed by atoms with Crippen molar-refractivity contribution in [2.45, 2.75) is 43.0 Å². The van der Waals surface area contributed by atoms with Crippen LogP contribution in [0.2, 0.25) is 0 Å². The van der Waals surface area contributed by atoms with Crippen molar-refractivity contribution in [3.8, 4) is 11.5 Å². The number of nitrogens with one attached hydrogen (secondary N) is 1. The molecule has 4 rings (SSSR count). The summed E-state index contributed by atoms with van der Waals surface area (Å²) in [5.74, 6) is 2.68. The number of amides is 1. The lowest BCUT2D eigenvalue weighted by Gasteiger charge is -2.32. The average molecular weight is 393 g/mol. The third-order valence-electron chi connectivity index (χ3n) is 5.52. The number of benzene rings is 1.